The van der Waals surface area contributed by atoms with Crippen LogP contribution in [0.4, 0.5) is 0 Å². The zero-order valence-corrected chi connectivity index (χ0v) is 9.92. The molecule has 1 rings (SSSR count). The third kappa shape index (κ3) is 4.28. The summed E-state index contributed by atoms with van der Waals surface area (Å²) in [4.78, 5) is 0. The second kappa shape index (κ2) is 5.56. The van der Waals surface area contributed by atoms with E-state index in [-0.39, 0.29) is 18.2 Å². The van der Waals surface area contributed by atoms with Crippen molar-refractivity contribution < 1.29 is 8.42 Å². The van der Waals surface area contributed by atoms with Gasteiger partial charge in [-0.3, -0.25) is 0 Å². The van der Waals surface area contributed by atoms with Crippen LogP contribution in [0.25, 0.3) is 0 Å². The monoisotopic (exact) mass is 255 g/mol. The molecule has 0 aliphatic carbocycles. The first kappa shape index (κ1) is 13.7. The Morgan fingerprint density at radius 1 is 1.43 bits per heavy atom. The molecule has 0 heterocycles. The van der Waals surface area contributed by atoms with E-state index in [4.69, 9.17) is 11.6 Å². The maximum absolute atomic E-state index is 11.1. The van der Waals surface area contributed by atoms with Gasteiger partial charge < -0.3 is 0 Å². The first-order valence-corrected chi connectivity index (χ1v) is 5.72. The number of sulfonamides is 1. The summed E-state index contributed by atoms with van der Waals surface area (Å²) in [7, 11) is -1.81. The number of hydrogen-bond acceptors (Lipinski definition) is 2. The van der Waals surface area contributed by atoms with Crippen molar-refractivity contribution in [2.45, 2.75) is 5.75 Å². The third-order valence-corrected chi connectivity index (χ3v) is 3.13. The molecule has 3 nitrogen and oxygen atoms in total. The normalized spacial score (nSPS) is 10.7. The topological polar surface area (TPSA) is 46.2 Å². The highest BCUT2D eigenvalue weighted by Gasteiger charge is 2.07. The van der Waals surface area contributed by atoms with Crippen LogP contribution >= 0.6 is 24.0 Å². The summed E-state index contributed by atoms with van der Waals surface area (Å²) >= 11 is 5.70. The number of benzene rings is 1. The van der Waals surface area contributed by atoms with Crippen molar-refractivity contribution in [3.63, 3.8) is 0 Å². The SMILES string of the molecule is CNS(=O)(=O)Cc1cccc(Cl)c1.Cl. The number of rotatable bonds is 3. The zero-order chi connectivity index (χ0) is 9.90. The average molecular weight is 256 g/mol. The molecule has 0 fully saturated rings. The van der Waals surface area contributed by atoms with Crippen molar-refractivity contribution >= 4 is 34.0 Å². The summed E-state index contributed by atoms with van der Waals surface area (Å²) in [6, 6.07) is 6.79. The van der Waals surface area contributed by atoms with E-state index < -0.39 is 10.0 Å². The minimum atomic E-state index is -3.20. The Bertz CT molecular complexity index is 392. The molecule has 0 aliphatic rings. The molecular formula is C8H11Cl2NO2S. The van der Waals surface area contributed by atoms with Crippen molar-refractivity contribution in [1.82, 2.24) is 4.72 Å². The summed E-state index contributed by atoms with van der Waals surface area (Å²) in [6.07, 6.45) is 0. The van der Waals surface area contributed by atoms with Crippen LogP contribution in [0.15, 0.2) is 24.3 Å². The molecule has 0 amide bonds. The fourth-order valence-electron chi connectivity index (χ4n) is 0.918. The fraction of sp³-hybridized carbons (Fsp3) is 0.250. The first-order chi connectivity index (χ1) is 6.03. The van der Waals surface area contributed by atoms with Gasteiger partial charge in [0.15, 0.2) is 0 Å². The highest BCUT2D eigenvalue weighted by Crippen LogP contribution is 2.12. The summed E-state index contributed by atoms with van der Waals surface area (Å²) in [5, 5.41) is 0.545. The second-order valence-corrected chi connectivity index (χ2v) is 4.96. The van der Waals surface area contributed by atoms with Gasteiger partial charge in [-0.25, -0.2) is 13.1 Å². The summed E-state index contributed by atoms with van der Waals surface area (Å²) in [5.41, 5.74) is 0.682. The zero-order valence-electron chi connectivity index (χ0n) is 7.53. The lowest BCUT2D eigenvalue weighted by molar-refractivity contribution is 0.587. The van der Waals surface area contributed by atoms with Gasteiger partial charge in [-0.05, 0) is 24.7 Å². The molecule has 14 heavy (non-hydrogen) atoms. The third-order valence-electron chi connectivity index (χ3n) is 1.56. The molecular weight excluding hydrogens is 245 g/mol. The van der Waals surface area contributed by atoms with Gasteiger partial charge in [0.05, 0.1) is 5.75 Å². The van der Waals surface area contributed by atoms with Gasteiger partial charge in [0.1, 0.15) is 0 Å². The van der Waals surface area contributed by atoms with Gasteiger partial charge >= 0.3 is 0 Å². The summed E-state index contributed by atoms with van der Waals surface area (Å²) < 4.78 is 24.5. The van der Waals surface area contributed by atoms with Crippen molar-refractivity contribution in [3.8, 4) is 0 Å². The minimum Gasteiger partial charge on any atom is -0.218 e. The van der Waals surface area contributed by atoms with Crippen LogP contribution < -0.4 is 4.72 Å². The Morgan fingerprint density at radius 3 is 2.57 bits per heavy atom. The van der Waals surface area contributed by atoms with Gasteiger partial charge in [-0.1, -0.05) is 23.7 Å². The predicted molar refractivity (Wildman–Crippen MR) is 60.4 cm³/mol. The number of halogens is 2. The van der Waals surface area contributed by atoms with E-state index in [1.165, 1.54) is 7.05 Å². The van der Waals surface area contributed by atoms with E-state index >= 15 is 0 Å². The van der Waals surface area contributed by atoms with Crippen LogP contribution in [0, 0.1) is 0 Å². The average Bonchev–Trinajstić information content (AvgIpc) is 2.03. The molecule has 0 radical (unpaired) electrons. The van der Waals surface area contributed by atoms with Crippen LogP contribution in [0.2, 0.25) is 5.02 Å². The number of nitrogens with one attached hydrogen (secondary N) is 1. The van der Waals surface area contributed by atoms with Crippen molar-refractivity contribution in [1.29, 1.82) is 0 Å². The molecule has 0 aliphatic heterocycles. The van der Waals surface area contributed by atoms with Crippen molar-refractivity contribution in [2.24, 2.45) is 0 Å². The second-order valence-electron chi connectivity index (χ2n) is 2.59. The minimum absolute atomic E-state index is 0. The van der Waals surface area contributed by atoms with Crippen LogP contribution in [0.5, 0.6) is 0 Å². The van der Waals surface area contributed by atoms with Gasteiger partial charge in [0, 0.05) is 5.02 Å². The van der Waals surface area contributed by atoms with E-state index in [2.05, 4.69) is 4.72 Å². The lowest BCUT2D eigenvalue weighted by Crippen LogP contribution is -2.20. The Morgan fingerprint density at radius 2 is 2.07 bits per heavy atom. The highest BCUT2D eigenvalue weighted by molar-refractivity contribution is 7.88. The molecule has 0 bridgehead atoms. The number of hydrogen-bond donors (Lipinski definition) is 1. The van der Waals surface area contributed by atoms with Crippen LogP contribution in [0.3, 0.4) is 0 Å². The Hall–Kier alpha value is -0.290. The molecule has 80 valence electrons. The Labute approximate surface area is 94.9 Å². The molecule has 1 aromatic carbocycles. The van der Waals surface area contributed by atoms with E-state index in [0.717, 1.165) is 0 Å². The quantitative estimate of drug-likeness (QED) is 0.896. The summed E-state index contributed by atoms with van der Waals surface area (Å²) in [6.45, 7) is 0. The van der Waals surface area contributed by atoms with E-state index in [1.807, 2.05) is 0 Å². The molecule has 0 aromatic heterocycles. The van der Waals surface area contributed by atoms with Gasteiger partial charge in [0.25, 0.3) is 0 Å². The van der Waals surface area contributed by atoms with Gasteiger partial charge in [-0.2, -0.15) is 0 Å². The Kier molecular flexibility index (Phi) is 5.44. The van der Waals surface area contributed by atoms with E-state index in [0.29, 0.717) is 10.6 Å². The van der Waals surface area contributed by atoms with E-state index in [9.17, 15) is 8.42 Å². The van der Waals surface area contributed by atoms with Gasteiger partial charge in [-0.15, -0.1) is 12.4 Å². The van der Waals surface area contributed by atoms with Crippen molar-refractivity contribution in [2.75, 3.05) is 7.05 Å². The highest BCUT2D eigenvalue weighted by atomic mass is 35.5. The molecule has 0 unspecified atom stereocenters. The fourth-order valence-corrected chi connectivity index (χ4v) is 1.89. The smallest absolute Gasteiger partial charge is 0.215 e. The standard InChI is InChI=1S/C8H10ClNO2S.ClH/c1-10-13(11,12)6-7-3-2-4-8(9)5-7;/h2-5,10H,6H2,1H3;1H. The summed E-state index contributed by atoms with van der Waals surface area (Å²) in [5.74, 6) is -0.0376. The molecule has 1 N–H and O–H groups in total. The molecule has 0 spiro atoms. The Balaban J connectivity index is 0.00000169. The van der Waals surface area contributed by atoms with Crippen molar-refractivity contribution in [3.05, 3.63) is 34.9 Å². The molecule has 6 heteroatoms. The first-order valence-electron chi connectivity index (χ1n) is 3.69. The van der Waals surface area contributed by atoms with Crippen LogP contribution in [0.1, 0.15) is 5.56 Å². The predicted octanol–water partition coefficient (Wildman–Crippen LogP) is 1.81. The van der Waals surface area contributed by atoms with Gasteiger partial charge in [0.2, 0.25) is 10.0 Å². The lowest BCUT2D eigenvalue weighted by Gasteiger charge is -2.02. The lowest BCUT2D eigenvalue weighted by atomic mass is 10.2. The van der Waals surface area contributed by atoms with Crippen LogP contribution in [-0.2, 0) is 15.8 Å². The maximum Gasteiger partial charge on any atom is 0.215 e. The molecule has 0 atom stereocenters. The molecule has 0 saturated heterocycles. The van der Waals surface area contributed by atoms with E-state index in [1.54, 1.807) is 24.3 Å². The van der Waals surface area contributed by atoms with Crippen LogP contribution in [-0.4, -0.2) is 15.5 Å². The maximum atomic E-state index is 11.1. The molecule has 1 aromatic rings. The largest absolute Gasteiger partial charge is 0.218 e. The molecule has 0 saturated carbocycles.